The summed E-state index contributed by atoms with van der Waals surface area (Å²) in [6.45, 7) is 3.40. The van der Waals surface area contributed by atoms with Crippen LogP contribution in [0.25, 0.3) is 0 Å². The van der Waals surface area contributed by atoms with E-state index in [-0.39, 0.29) is 32.3 Å². The van der Waals surface area contributed by atoms with Crippen LogP contribution in [-0.4, -0.2) is 27.8 Å². The molecular formula is C19H14Cl2N4O3S. The summed E-state index contributed by atoms with van der Waals surface area (Å²) < 4.78 is 0. The van der Waals surface area contributed by atoms with E-state index in [0.29, 0.717) is 11.4 Å². The minimum Gasteiger partial charge on any atom is -0.465 e. The van der Waals surface area contributed by atoms with Crippen LogP contribution in [0.1, 0.15) is 19.4 Å². The summed E-state index contributed by atoms with van der Waals surface area (Å²) in [5.74, 6) is -0.300. The van der Waals surface area contributed by atoms with Crippen molar-refractivity contribution in [1.82, 2.24) is 0 Å². The highest BCUT2D eigenvalue weighted by Crippen LogP contribution is 2.39. The molecule has 2 amide bonds. The number of anilines is 3. The molecule has 1 fully saturated rings. The Morgan fingerprint density at radius 2 is 1.83 bits per heavy atom. The minimum atomic E-state index is -1.27. The number of rotatable bonds is 3. The van der Waals surface area contributed by atoms with Crippen LogP contribution in [0.3, 0.4) is 0 Å². The van der Waals surface area contributed by atoms with Crippen molar-refractivity contribution < 1.29 is 14.7 Å². The third kappa shape index (κ3) is 3.60. The first-order valence-electron chi connectivity index (χ1n) is 8.26. The quantitative estimate of drug-likeness (QED) is 0.649. The second-order valence-corrected chi connectivity index (χ2v) is 7.87. The zero-order valence-corrected chi connectivity index (χ0v) is 17.6. The standard InChI is InChI=1S/C19H14Cl2N4O3S/c1-19(2)16(26)24(11-4-3-10(9-22)14(21)7-11)18(29)25(19)12-5-6-13(20)15(8-12)23-17(27)28/h3-8,23H,1-2H3,(H,27,28). The third-order valence-electron chi connectivity index (χ3n) is 4.45. The molecule has 2 aromatic carbocycles. The first kappa shape index (κ1) is 20.9. The van der Waals surface area contributed by atoms with E-state index >= 15 is 0 Å². The number of nitrogens with zero attached hydrogens (tertiary/aromatic N) is 3. The van der Waals surface area contributed by atoms with Gasteiger partial charge in [-0.15, -0.1) is 0 Å². The van der Waals surface area contributed by atoms with Gasteiger partial charge < -0.3 is 10.0 Å². The summed E-state index contributed by atoms with van der Waals surface area (Å²) in [7, 11) is 0. The highest BCUT2D eigenvalue weighted by Gasteiger charge is 2.50. The second kappa shape index (κ2) is 7.52. The zero-order chi connectivity index (χ0) is 21.5. The first-order valence-corrected chi connectivity index (χ1v) is 9.42. The molecule has 1 saturated heterocycles. The van der Waals surface area contributed by atoms with Crippen LogP contribution in [0.15, 0.2) is 36.4 Å². The molecule has 148 valence electrons. The van der Waals surface area contributed by atoms with Crippen LogP contribution >= 0.6 is 35.4 Å². The van der Waals surface area contributed by atoms with E-state index in [1.54, 1.807) is 30.9 Å². The SMILES string of the molecule is CC1(C)C(=O)N(c2ccc(C#N)c(Cl)c2)C(=S)N1c1ccc(Cl)c(NC(=O)O)c1. The number of benzene rings is 2. The first-order chi connectivity index (χ1) is 13.6. The third-order valence-corrected chi connectivity index (χ3v) is 5.46. The van der Waals surface area contributed by atoms with Crippen molar-refractivity contribution in [3.05, 3.63) is 52.0 Å². The maximum absolute atomic E-state index is 13.2. The fraction of sp³-hybridized carbons (Fsp3) is 0.158. The number of thiocarbonyl (C=S) groups is 1. The fourth-order valence-corrected chi connectivity index (χ4v) is 3.96. The predicted octanol–water partition coefficient (Wildman–Crippen LogP) is 4.87. The number of hydrogen-bond donors (Lipinski definition) is 2. The van der Waals surface area contributed by atoms with Gasteiger partial charge in [-0.2, -0.15) is 5.26 Å². The summed E-state index contributed by atoms with van der Waals surface area (Å²) >= 11 is 17.8. The number of amides is 2. The van der Waals surface area contributed by atoms with E-state index in [4.69, 9.17) is 45.8 Å². The van der Waals surface area contributed by atoms with Gasteiger partial charge in [0.1, 0.15) is 11.6 Å². The Morgan fingerprint density at radius 3 is 2.41 bits per heavy atom. The highest BCUT2D eigenvalue weighted by atomic mass is 35.5. The lowest BCUT2D eigenvalue weighted by molar-refractivity contribution is -0.120. The molecular weight excluding hydrogens is 435 g/mol. The molecule has 1 aliphatic heterocycles. The van der Waals surface area contributed by atoms with Gasteiger partial charge in [-0.05, 0) is 62.5 Å². The van der Waals surface area contributed by atoms with Crippen molar-refractivity contribution in [1.29, 1.82) is 5.26 Å². The van der Waals surface area contributed by atoms with E-state index in [0.717, 1.165) is 0 Å². The van der Waals surface area contributed by atoms with Crippen LogP contribution in [0.5, 0.6) is 0 Å². The molecule has 0 radical (unpaired) electrons. The van der Waals surface area contributed by atoms with Gasteiger partial charge in [-0.25, -0.2) is 4.79 Å². The van der Waals surface area contributed by atoms with Gasteiger partial charge in [0.15, 0.2) is 5.11 Å². The topological polar surface area (TPSA) is 96.7 Å². The van der Waals surface area contributed by atoms with E-state index in [1.807, 2.05) is 6.07 Å². The Balaban J connectivity index is 2.07. The molecule has 1 heterocycles. The molecule has 0 atom stereocenters. The summed E-state index contributed by atoms with van der Waals surface area (Å²) in [5.41, 5.74) is 0.307. The van der Waals surface area contributed by atoms with Gasteiger partial charge >= 0.3 is 6.09 Å². The van der Waals surface area contributed by atoms with Crippen molar-refractivity contribution in [2.45, 2.75) is 19.4 Å². The molecule has 0 spiro atoms. The van der Waals surface area contributed by atoms with Crippen molar-refractivity contribution >= 4 is 69.6 Å². The maximum atomic E-state index is 13.2. The van der Waals surface area contributed by atoms with Crippen molar-refractivity contribution in [3.63, 3.8) is 0 Å². The molecule has 1 aliphatic rings. The van der Waals surface area contributed by atoms with E-state index in [2.05, 4.69) is 5.32 Å². The molecule has 0 aromatic heterocycles. The highest BCUT2D eigenvalue weighted by molar-refractivity contribution is 7.81. The summed E-state index contributed by atoms with van der Waals surface area (Å²) in [4.78, 5) is 27.1. The zero-order valence-electron chi connectivity index (χ0n) is 15.2. The van der Waals surface area contributed by atoms with Crippen LogP contribution < -0.4 is 15.1 Å². The monoisotopic (exact) mass is 448 g/mol. The van der Waals surface area contributed by atoms with E-state index in [1.165, 1.54) is 29.2 Å². The Hall–Kier alpha value is -2.86. The molecule has 29 heavy (non-hydrogen) atoms. The Morgan fingerprint density at radius 1 is 1.17 bits per heavy atom. The fourth-order valence-electron chi connectivity index (χ4n) is 3.05. The van der Waals surface area contributed by atoms with Gasteiger partial charge in [0, 0.05) is 5.69 Å². The second-order valence-electron chi connectivity index (χ2n) is 6.69. The number of carbonyl (C=O) groups excluding carboxylic acids is 1. The average molecular weight is 449 g/mol. The van der Waals surface area contributed by atoms with Crippen molar-refractivity contribution in [3.8, 4) is 6.07 Å². The van der Waals surface area contributed by atoms with Crippen molar-refractivity contribution in [2.24, 2.45) is 0 Å². The molecule has 2 N–H and O–H groups in total. The number of nitrogens with one attached hydrogen (secondary N) is 1. The number of nitriles is 1. The largest absolute Gasteiger partial charge is 0.465 e. The Kier molecular flexibility index (Phi) is 5.41. The van der Waals surface area contributed by atoms with Crippen molar-refractivity contribution in [2.75, 3.05) is 15.1 Å². The number of carboxylic acid groups (broad SMARTS) is 1. The number of carbonyl (C=O) groups is 2. The van der Waals surface area contributed by atoms with Gasteiger partial charge in [-0.3, -0.25) is 15.0 Å². The van der Waals surface area contributed by atoms with E-state index in [9.17, 15) is 9.59 Å². The summed E-state index contributed by atoms with van der Waals surface area (Å²) in [6.07, 6.45) is -1.27. The molecule has 2 aromatic rings. The van der Waals surface area contributed by atoms with E-state index < -0.39 is 11.6 Å². The smallest absolute Gasteiger partial charge is 0.409 e. The summed E-state index contributed by atoms with van der Waals surface area (Å²) in [5, 5.41) is 20.9. The van der Waals surface area contributed by atoms with Crippen LogP contribution in [0.2, 0.25) is 10.0 Å². The van der Waals surface area contributed by atoms with Gasteiger partial charge in [0.25, 0.3) is 5.91 Å². The van der Waals surface area contributed by atoms with Gasteiger partial charge in [0.2, 0.25) is 0 Å². The Labute approximate surface area is 182 Å². The lowest BCUT2D eigenvalue weighted by atomic mass is 10.0. The summed E-state index contributed by atoms with van der Waals surface area (Å²) in [6, 6.07) is 11.2. The lowest BCUT2D eigenvalue weighted by Crippen LogP contribution is -2.44. The van der Waals surface area contributed by atoms with Gasteiger partial charge in [-0.1, -0.05) is 23.2 Å². The Bertz CT molecular complexity index is 1100. The van der Waals surface area contributed by atoms with Gasteiger partial charge in [0.05, 0.1) is 27.0 Å². The number of hydrogen-bond acceptors (Lipinski definition) is 4. The van der Waals surface area contributed by atoms with Crippen LogP contribution in [0.4, 0.5) is 21.9 Å². The lowest BCUT2D eigenvalue weighted by Gasteiger charge is -2.29. The maximum Gasteiger partial charge on any atom is 0.409 e. The predicted molar refractivity (Wildman–Crippen MR) is 116 cm³/mol. The molecule has 7 nitrogen and oxygen atoms in total. The molecule has 0 saturated carbocycles. The molecule has 0 bridgehead atoms. The molecule has 3 rings (SSSR count). The normalized spacial score (nSPS) is 15.4. The molecule has 0 unspecified atom stereocenters. The molecule has 10 heteroatoms. The van der Waals surface area contributed by atoms with Crippen LogP contribution in [-0.2, 0) is 4.79 Å². The average Bonchev–Trinajstić information content (AvgIpc) is 2.81. The van der Waals surface area contributed by atoms with Crippen LogP contribution in [0, 0.1) is 11.3 Å². The molecule has 0 aliphatic carbocycles. The minimum absolute atomic E-state index is 0.169. The number of halogens is 2.